The van der Waals surface area contributed by atoms with Gasteiger partial charge in [0.2, 0.25) is 0 Å². The molecule has 0 saturated carbocycles. The second-order valence-electron chi connectivity index (χ2n) is 3.96. The molecule has 2 atom stereocenters. The summed E-state index contributed by atoms with van der Waals surface area (Å²) in [5.74, 6) is -1.56. The molecule has 11 heteroatoms. The van der Waals surface area contributed by atoms with Crippen molar-refractivity contribution < 1.29 is 89.2 Å². The molecule has 0 bridgehead atoms. The van der Waals surface area contributed by atoms with Gasteiger partial charge in [-0.2, -0.15) is 0 Å². The monoisotopic (exact) mass is 458 g/mol. The average molecular weight is 462 g/mol. The minimum absolute atomic E-state index is 0. The molecule has 0 fully saturated rings. The van der Waals surface area contributed by atoms with Crippen LogP contribution in [-0.4, -0.2) is 72.2 Å². The van der Waals surface area contributed by atoms with Gasteiger partial charge in [-0.25, -0.2) is 0 Å². The van der Waals surface area contributed by atoms with E-state index in [1.54, 1.807) is 51.8 Å². The van der Waals surface area contributed by atoms with E-state index in [-0.39, 0.29) is 81.5 Å². The molecule has 0 spiro atoms. The maximum atomic E-state index is 10.1. The van der Waals surface area contributed by atoms with Crippen LogP contribution >= 0.6 is 0 Å². The summed E-state index contributed by atoms with van der Waals surface area (Å²) in [5, 5.41) is 16.6. The third-order valence-corrected chi connectivity index (χ3v) is 2.26. The van der Waals surface area contributed by atoms with Crippen LogP contribution in [0.25, 0.3) is 0 Å². The molecule has 0 saturated heterocycles. The van der Waals surface area contributed by atoms with Gasteiger partial charge in [-0.1, -0.05) is 0 Å². The number of rotatable bonds is 4. The Bertz CT molecular complexity index is 221. The van der Waals surface area contributed by atoms with Crippen molar-refractivity contribution in [2.45, 2.75) is 25.9 Å². The molecule has 0 heterocycles. The Morgan fingerprint density at radius 3 is 0.857 bits per heavy atom. The first-order valence-electron chi connectivity index (χ1n) is 4.89. The number of likely N-dealkylation sites (N-methyl/N-ethyl adjacent to an activating group) is 2. The van der Waals surface area contributed by atoms with Crippen LogP contribution in [0.15, 0.2) is 0 Å². The smallest absolute Gasteiger partial charge is 2.00 e. The summed E-state index contributed by atoms with van der Waals surface area (Å²) < 4.78 is 0. The van der Waals surface area contributed by atoms with Crippen LogP contribution in [0.2, 0.25) is 0 Å². The van der Waals surface area contributed by atoms with E-state index in [4.69, 9.17) is 10.2 Å². The van der Waals surface area contributed by atoms with Gasteiger partial charge in [-0.3, -0.25) is 19.4 Å². The zero-order valence-corrected chi connectivity index (χ0v) is 22.6. The third-order valence-electron chi connectivity index (χ3n) is 2.26. The molecule has 0 aromatic heterocycles. The van der Waals surface area contributed by atoms with Crippen molar-refractivity contribution in [3.63, 3.8) is 0 Å². The van der Waals surface area contributed by atoms with Crippen molar-refractivity contribution in [2.24, 2.45) is 0 Å². The molecule has 112 valence electrons. The Balaban J connectivity index is -0.0000000302. The molecule has 21 heavy (non-hydrogen) atoms. The first kappa shape index (κ1) is 43.0. The fourth-order valence-corrected chi connectivity index (χ4v) is 0.442. The van der Waals surface area contributed by atoms with Gasteiger partial charge < -0.3 is 21.2 Å². The predicted molar refractivity (Wildman–Crippen MR) is 62.9 cm³/mol. The van der Waals surface area contributed by atoms with Crippen molar-refractivity contribution in [3.8, 4) is 0 Å². The van der Waals surface area contributed by atoms with E-state index < -0.39 is 11.9 Å². The number of hydrogen-bond donors (Lipinski definition) is 2. The zero-order chi connectivity index (χ0) is 13.5. The summed E-state index contributed by atoms with van der Waals surface area (Å²) in [6, 6.07) is -0.759. The van der Waals surface area contributed by atoms with E-state index in [2.05, 4.69) is 0 Å². The Morgan fingerprint density at radius 1 is 0.714 bits per heavy atom. The molecule has 0 aliphatic carbocycles. The molecule has 0 amide bonds. The maximum absolute atomic E-state index is 10.1. The van der Waals surface area contributed by atoms with E-state index >= 15 is 0 Å². The summed E-state index contributed by atoms with van der Waals surface area (Å²) in [5.41, 5.74) is 0. The van der Waals surface area contributed by atoms with E-state index in [1.807, 2.05) is 0 Å². The first-order valence-corrected chi connectivity index (χ1v) is 4.89. The van der Waals surface area contributed by atoms with Crippen LogP contribution in [-0.2, 0) is 79.0 Å². The molecule has 0 aromatic carbocycles. The largest absolute Gasteiger partial charge is 2.00 e. The van der Waals surface area contributed by atoms with Gasteiger partial charge in [-0.15, -0.1) is 0 Å². The first-order chi connectivity index (χ1) is 7.11. The van der Waals surface area contributed by atoms with Crippen LogP contribution in [0.5, 0.6) is 0 Å². The Morgan fingerprint density at radius 2 is 0.857 bits per heavy atom. The van der Waals surface area contributed by atoms with Crippen LogP contribution < -0.4 is 0 Å². The van der Waals surface area contributed by atoms with Gasteiger partial charge in [0.15, 0.2) is 0 Å². The number of nitrogens with zero attached hydrogens (tertiary/aromatic N) is 2. The van der Waals surface area contributed by atoms with E-state index in [1.165, 1.54) is 0 Å². The van der Waals surface area contributed by atoms with Gasteiger partial charge in [0.1, 0.15) is 12.1 Å². The molecule has 0 aliphatic rings. The minimum Gasteiger partial charge on any atom is -2.00 e. The predicted octanol–water partition coefficient (Wildman–Crippen LogP) is -0.203. The fraction of sp³-hybridized carbons (Fsp3) is 0.800. The van der Waals surface area contributed by atoms with Gasteiger partial charge in [0.05, 0.1) is 0 Å². The van der Waals surface area contributed by atoms with Gasteiger partial charge in [0.25, 0.3) is 0 Å². The van der Waals surface area contributed by atoms with E-state index in [0.717, 1.165) is 0 Å². The van der Waals surface area contributed by atoms with Crippen LogP contribution in [0.3, 0.4) is 0 Å². The standard InChI is InChI=1S/2C5H11NO2.2O.3Zn/c2*1-4(5(7)8)6(2)3;;;;;/h2*4H,1-3H3,(H,7,8);;;;;/q;;2*-2;3*+2/t2*4-;;;;;/m00...../s1. The average Bonchev–Trinajstić information content (AvgIpc) is 2.15. The Hall–Kier alpha value is 0.650. The maximum Gasteiger partial charge on any atom is 2.00 e. The number of hydrogen-bond acceptors (Lipinski definition) is 4. The summed E-state index contributed by atoms with van der Waals surface area (Å²) >= 11 is 0. The van der Waals surface area contributed by atoms with Crippen LogP contribution in [0.1, 0.15) is 13.8 Å². The summed E-state index contributed by atoms with van der Waals surface area (Å²) in [4.78, 5) is 23.5. The molecule has 0 radical (unpaired) electrons. The number of aliphatic carboxylic acids is 2. The normalized spacial score (nSPS) is 10.7. The molecule has 0 unspecified atom stereocenters. The van der Waals surface area contributed by atoms with Gasteiger partial charge in [0, 0.05) is 0 Å². The molecule has 8 nitrogen and oxygen atoms in total. The van der Waals surface area contributed by atoms with Crippen molar-refractivity contribution in [3.05, 3.63) is 0 Å². The van der Waals surface area contributed by atoms with Gasteiger partial charge >= 0.3 is 70.4 Å². The Labute approximate surface area is 164 Å². The molecule has 0 aliphatic heterocycles. The Kier molecular flexibility index (Phi) is 47.0. The second kappa shape index (κ2) is 22.9. The molecule has 0 aromatic rings. The van der Waals surface area contributed by atoms with Crippen molar-refractivity contribution in [2.75, 3.05) is 28.2 Å². The van der Waals surface area contributed by atoms with Crippen molar-refractivity contribution >= 4 is 11.9 Å². The zero-order valence-electron chi connectivity index (χ0n) is 13.7. The molecule has 0 rings (SSSR count). The van der Waals surface area contributed by atoms with Gasteiger partial charge in [-0.05, 0) is 42.0 Å². The molecular weight excluding hydrogens is 440 g/mol. The van der Waals surface area contributed by atoms with Crippen molar-refractivity contribution in [1.29, 1.82) is 0 Å². The topological polar surface area (TPSA) is 138 Å². The van der Waals surface area contributed by atoms with Crippen molar-refractivity contribution in [1.82, 2.24) is 9.80 Å². The summed E-state index contributed by atoms with van der Waals surface area (Å²) in [6.07, 6.45) is 0. The summed E-state index contributed by atoms with van der Waals surface area (Å²) in [7, 11) is 6.94. The summed E-state index contributed by atoms with van der Waals surface area (Å²) in [6.45, 7) is 3.28. The quantitative estimate of drug-likeness (QED) is 0.555. The SMILES string of the molecule is C[C@@H](C(=O)O)N(C)C.C[C@@H](C(=O)O)N(C)C.[O-2].[O-2].[Zn+2].[Zn+2].[Zn+2]. The van der Waals surface area contributed by atoms with E-state index in [0.29, 0.717) is 0 Å². The van der Waals surface area contributed by atoms with Crippen LogP contribution in [0.4, 0.5) is 0 Å². The molecule has 2 N–H and O–H groups in total. The number of carboxylic acid groups (broad SMARTS) is 2. The van der Waals surface area contributed by atoms with Crippen LogP contribution in [0, 0.1) is 0 Å². The third kappa shape index (κ3) is 25.9. The number of carbonyl (C=O) groups is 2. The second-order valence-corrected chi connectivity index (χ2v) is 3.96. The minimum atomic E-state index is -0.782. The fourth-order valence-electron chi connectivity index (χ4n) is 0.442. The van der Waals surface area contributed by atoms with E-state index in [9.17, 15) is 9.59 Å². The number of carboxylic acids is 2. The molecular formula is C10H22N2O6Zn3+2.